The number of benzene rings is 2. The molecule has 1 heterocycles. The number of carbonyl (C=O) groups is 6. The number of ether oxygens (including phenoxy) is 6. The first-order chi connectivity index (χ1) is 38.9. The van der Waals surface area contributed by atoms with E-state index in [2.05, 4.69) is 61.7 Å². The van der Waals surface area contributed by atoms with Crippen molar-refractivity contribution in [2.75, 3.05) is 6.61 Å². The number of fused-ring (bicyclic) bond motifs is 3. The van der Waals surface area contributed by atoms with Gasteiger partial charge in [-0.05, 0) is 128 Å². The van der Waals surface area contributed by atoms with Crippen LogP contribution in [-0.4, -0.2) is 111 Å². The molecule has 5 aliphatic rings. The summed E-state index contributed by atoms with van der Waals surface area (Å²) in [5.41, 5.74) is -8.31. The summed E-state index contributed by atoms with van der Waals surface area (Å²) in [6.45, 7) is 15.0. The SMILES string of the molecule is CC/C=C\C/C=C\CCC(C)C/C=C\C/C=C\C/C=C\CCC(=O)O[C@@H](C(=O)O[C@]12CC3(O)[C@@H](OC(=O)c4ccccc4)[C@@H]4C5[C@@H](OC(C)=O)CO[C@@H]5CC(O)C4(C)C(=O)C(O)C(=C1C)C32C)C(NC(=O)OC(C)(C)C)c1ccccc1. The minimum absolute atomic E-state index is 0.0124. The highest BCUT2D eigenvalue weighted by Gasteiger charge is 2.88. The summed E-state index contributed by atoms with van der Waals surface area (Å²) in [7, 11) is 0. The van der Waals surface area contributed by atoms with Gasteiger partial charge in [-0.15, -0.1) is 0 Å². The fourth-order valence-corrected chi connectivity index (χ4v) is 13.2. The number of ketones is 1. The standard InChI is InChI=1S/C66H85NO15/c1-10-11-12-13-17-20-25-32-42(2)33-26-21-18-15-14-16-19-22-31-38-50(70)79-56(54(45-34-27-23-28-35-45)67-61(75)82-62(5,6)7)60(74)81-66-41-65(76)58(80-59(73)46-36-29-24-30-37-46)53-51-47(77-40-48(51)78-44(4)68)39-49(69)63(53,8)57(72)55(71)52(43(66)3)64(65,66)9/h11-12,14-15,17,19-24,26-30,34-37,42,47-49,51,53-56,58,69,71,76H,10,13,16,18,25,31-33,38-41H2,1-9H3,(H,67,75)/b12-11-,15-14-,20-17-,22-19-,26-21-/t42?,47-,48+,49?,51?,53+,54?,55?,56-,58+,63?,64?,65?,66-/m1/s1. The summed E-state index contributed by atoms with van der Waals surface area (Å²) in [6.07, 6.45) is 17.4. The molecular weight excluding hydrogens is 1050 g/mol. The minimum atomic E-state index is -2.27. The second-order valence-corrected chi connectivity index (χ2v) is 24.0. The van der Waals surface area contributed by atoms with Crippen LogP contribution in [0.3, 0.4) is 0 Å². The molecule has 0 aromatic heterocycles. The second kappa shape index (κ2) is 26.8. The highest BCUT2D eigenvalue weighted by atomic mass is 16.6. The average Bonchev–Trinajstić information content (AvgIpc) is 0.636. The van der Waals surface area contributed by atoms with Gasteiger partial charge in [0, 0.05) is 38.0 Å². The molecule has 3 saturated carbocycles. The molecule has 0 radical (unpaired) electrons. The Labute approximate surface area is 483 Å². The Morgan fingerprint density at radius 1 is 0.841 bits per heavy atom. The predicted molar refractivity (Wildman–Crippen MR) is 307 cm³/mol. The molecule has 1 aliphatic heterocycles. The Kier molecular flexibility index (Phi) is 20.7. The Bertz CT molecular complexity index is 2790. The molecule has 2 aromatic carbocycles. The number of aliphatic hydroxyl groups is 3. The highest BCUT2D eigenvalue weighted by molar-refractivity contribution is 5.95. The monoisotopic (exact) mass is 1130 g/mol. The summed E-state index contributed by atoms with van der Waals surface area (Å²) in [5, 5.41) is 40.9. The molecule has 0 spiro atoms. The predicted octanol–water partition coefficient (Wildman–Crippen LogP) is 10.4. The number of esters is 4. The topological polar surface area (TPSA) is 231 Å². The van der Waals surface area contributed by atoms with Gasteiger partial charge < -0.3 is 49.1 Å². The highest BCUT2D eigenvalue weighted by Crippen LogP contribution is 2.77. The summed E-state index contributed by atoms with van der Waals surface area (Å²) < 4.78 is 36.7. The molecular formula is C66H85NO15. The van der Waals surface area contributed by atoms with Gasteiger partial charge in [0.15, 0.2) is 5.78 Å². The Hall–Kier alpha value is -6.46. The van der Waals surface area contributed by atoms with E-state index < -0.39 is 124 Å². The lowest BCUT2D eigenvalue weighted by atomic mass is 9.31. The summed E-state index contributed by atoms with van der Waals surface area (Å²) in [4.78, 5) is 85.3. The van der Waals surface area contributed by atoms with Crippen molar-refractivity contribution in [3.05, 3.63) is 144 Å². The van der Waals surface area contributed by atoms with Gasteiger partial charge in [0.25, 0.3) is 0 Å². The molecule has 16 nitrogen and oxygen atoms in total. The molecule has 14 atom stereocenters. The fraction of sp³-hybridized carbons (Fsp3) is 0.545. The number of Topliss-reactive ketones (excluding diaryl/α,β-unsaturated/α-hetero) is 1. The van der Waals surface area contributed by atoms with Crippen LogP contribution < -0.4 is 5.32 Å². The van der Waals surface area contributed by atoms with Crippen molar-refractivity contribution in [3.8, 4) is 0 Å². The number of rotatable bonds is 24. The number of amides is 1. The zero-order valence-corrected chi connectivity index (χ0v) is 49.0. The molecule has 82 heavy (non-hydrogen) atoms. The van der Waals surface area contributed by atoms with E-state index in [1.807, 2.05) is 18.2 Å². The van der Waals surface area contributed by atoms with Crippen molar-refractivity contribution < 1.29 is 72.5 Å². The quantitative estimate of drug-likeness (QED) is 0.0435. The average molecular weight is 1130 g/mol. The van der Waals surface area contributed by atoms with Crippen LogP contribution in [0.25, 0.3) is 0 Å². The molecule has 0 bridgehead atoms. The van der Waals surface area contributed by atoms with Gasteiger partial charge in [0.05, 0.1) is 35.2 Å². The minimum Gasteiger partial charge on any atom is -0.460 e. The van der Waals surface area contributed by atoms with E-state index in [0.717, 1.165) is 38.5 Å². The van der Waals surface area contributed by atoms with Gasteiger partial charge in [-0.2, -0.15) is 0 Å². The number of hydrogen-bond donors (Lipinski definition) is 4. The van der Waals surface area contributed by atoms with Gasteiger partial charge in [-0.3, -0.25) is 14.4 Å². The Balaban J connectivity index is 1.15. The normalized spacial score (nSPS) is 30.6. The molecule has 4 N–H and O–H groups in total. The first-order valence-corrected chi connectivity index (χ1v) is 29.1. The van der Waals surface area contributed by atoms with Crippen LogP contribution in [0.15, 0.2) is 133 Å². The van der Waals surface area contributed by atoms with E-state index in [4.69, 9.17) is 28.4 Å². The zero-order chi connectivity index (χ0) is 59.6. The molecule has 1 amide bonds. The lowest BCUT2D eigenvalue weighted by Crippen LogP contribution is -2.88. The first-order valence-electron chi connectivity index (χ1n) is 29.1. The van der Waals surface area contributed by atoms with Crippen molar-refractivity contribution in [1.82, 2.24) is 5.32 Å². The maximum absolute atomic E-state index is 15.3. The maximum atomic E-state index is 15.3. The van der Waals surface area contributed by atoms with Crippen molar-refractivity contribution >= 4 is 35.8 Å². The molecule has 7 rings (SSSR count). The van der Waals surface area contributed by atoms with E-state index in [0.29, 0.717) is 17.9 Å². The number of hydrogen-bond acceptors (Lipinski definition) is 15. The van der Waals surface area contributed by atoms with Crippen LogP contribution in [0.4, 0.5) is 4.79 Å². The van der Waals surface area contributed by atoms with Crippen LogP contribution in [0.5, 0.6) is 0 Å². The molecule has 16 heteroatoms. The molecule has 444 valence electrons. The van der Waals surface area contributed by atoms with Crippen molar-refractivity contribution in [1.29, 1.82) is 0 Å². The van der Waals surface area contributed by atoms with Gasteiger partial charge in [0.1, 0.15) is 41.2 Å². The number of alkyl carbamates (subject to hydrolysis) is 1. The molecule has 2 aromatic rings. The van der Waals surface area contributed by atoms with Crippen LogP contribution in [0.2, 0.25) is 0 Å². The molecule has 4 fully saturated rings. The van der Waals surface area contributed by atoms with Crippen LogP contribution in [-0.2, 0) is 47.6 Å². The number of allylic oxidation sites excluding steroid dienone is 10. The Morgan fingerprint density at radius 3 is 2.09 bits per heavy atom. The van der Waals surface area contributed by atoms with E-state index in [-0.39, 0.29) is 42.6 Å². The fourth-order valence-electron chi connectivity index (χ4n) is 13.2. The maximum Gasteiger partial charge on any atom is 0.408 e. The van der Waals surface area contributed by atoms with Crippen molar-refractivity contribution in [2.45, 2.75) is 192 Å². The summed E-state index contributed by atoms with van der Waals surface area (Å²) >= 11 is 0. The lowest BCUT2D eigenvalue weighted by Gasteiger charge is -2.77. The van der Waals surface area contributed by atoms with Crippen molar-refractivity contribution in [3.63, 3.8) is 0 Å². The molecule has 1 saturated heterocycles. The van der Waals surface area contributed by atoms with E-state index >= 15 is 9.59 Å². The largest absolute Gasteiger partial charge is 0.460 e. The third-order valence-electron chi connectivity index (χ3n) is 17.4. The lowest BCUT2D eigenvalue weighted by molar-refractivity contribution is -0.341. The smallest absolute Gasteiger partial charge is 0.408 e. The summed E-state index contributed by atoms with van der Waals surface area (Å²) in [5.74, 6) is -6.07. The van der Waals surface area contributed by atoms with E-state index in [1.54, 1.807) is 76.2 Å². The summed E-state index contributed by atoms with van der Waals surface area (Å²) in [6, 6.07) is 14.9. The van der Waals surface area contributed by atoms with E-state index in [1.165, 1.54) is 32.9 Å². The van der Waals surface area contributed by atoms with Gasteiger partial charge in [-0.25, -0.2) is 14.4 Å². The van der Waals surface area contributed by atoms with Gasteiger partial charge in [-0.1, -0.05) is 123 Å². The Morgan fingerprint density at radius 2 is 1.45 bits per heavy atom. The van der Waals surface area contributed by atoms with Crippen LogP contribution in [0.1, 0.15) is 155 Å². The third kappa shape index (κ3) is 13.2. The van der Waals surface area contributed by atoms with Gasteiger partial charge in [0.2, 0.25) is 6.10 Å². The number of carbonyl (C=O) groups excluding carboxylic acids is 6. The van der Waals surface area contributed by atoms with Crippen molar-refractivity contribution in [2.24, 2.45) is 28.6 Å². The van der Waals surface area contributed by atoms with E-state index in [9.17, 15) is 34.5 Å². The molecule has 8 unspecified atom stereocenters. The first kappa shape index (κ1) is 63.1. The number of aliphatic hydroxyl groups excluding tert-OH is 2. The van der Waals surface area contributed by atoms with Crippen LogP contribution >= 0.6 is 0 Å². The second-order valence-electron chi connectivity index (χ2n) is 24.0. The van der Waals surface area contributed by atoms with Gasteiger partial charge >= 0.3 is 30.0 Å². The third-order valence-corrected chi connectivity index (χ3v) is 17.4. The number of nitrogens with one attached hydrogen (secondary N) is 1. The zero-order valence-electron chi connectivity index (χ0n) is 49.0. The molecule has 4 aliphatic carbocycles. The van der Waals surface area contributed by atoms with Crippen LogP contribution in [0, 0.1) is 28.6 Å².